The number of nitrogens with zero attached hydrogens (tertiary/aromatic N) is 2. The number of nitro groups is 1. The number of allylic oxidation sites excluding steroid dienone is 1. The van der Waals surface area contributed by atoms with Crippen LogP contribution in [0.1, 0.15) is 22.8 Å². The molecule has 2 aromatic carbocycles. The van der Waals surface area contributed by atoms with E-state index < -0.39 is 16.7 Å². The molecule has 0 atom stereocenters. The fourth-order valence-corrected chi connectivity index (χ4v) is 3.31. The van der Waals surface area contributed by atoms with Crippen LogP contribution in [-0.2, 0) is 9.53 Å². The van der Waals surface area contributed by atoms with Gasteiger partial charge in [-0.2, -0.15) is 5.26 Å². The lowest BCUT2D eigenvalue weighted by molar-refractivity contribution is -0.384. The van der Waals surface area contributed by atoms with Crippen LogP contribution in [0.3, 0.4) is 0 Å². The highest BCUT2D eigenvalue weighted by Crippen LogP contribution is 2.34. The van der Waals surface area contributed by atoms with Crippen LogP contribution in [0, 0.1) is 25.0 Å². The Labute approximate surface area is 191 Å². The molecule has 0 heterocycles. The Morgan fingerprint density at radius 3 is 2.65 bits per heavy atom. The molecule has 0 saturated heterocycles. The normalized spacial score (nSPS) is 10.7. The summed E-state index contributed by atoms with van der Waals surface area (Å²) in [4.78, 5) is 34.5. The molecule has 0 aliphatic carbocycles. The Morgan fingerprint density at radius 2 is 2.03 bits per heavy atom. The monoisotopic (exact) mass is 536 g/mol. The van der Waals surface area contributed by atoms with Crippen molar-refractivity contribution in [3.8, 4) is 17.6 Å². The zero-order valence-electron chi connectivity index (χ0n) is 16.6. The van der Waals surface area contributed by atoms with Gasteiger partial charge in [0, 0.05) is 17.7 Å². The van der Waals surface area contributed by atoms with E-state index in [1.54, 1.807) is 19.1 Å². The number of Topliss-reactive ketones (excluding diaryl/α,β-unsaturated/α-hetero) is 1. The highest BCUT2D eigenvalue weighted by atomic mass is 127. The average Bonchev–Trinajstić information content (AvgIpc) is 2.76. The van der Waals surface area contributed by atoms with Crippen LogP contribution < -0.4 is 9.47 Å². The number of non-ortho nitro benzene ring substituents is 1. The molecule has 0 bridgehead atoms. The van der Waals surface area contributed by atoms with Gasteiger partial charge in [0.15, 0.2) is 18.1 Å². The minimum absolute atomic E-state index is 0.0260. The van der Waals surface area contributed by atoms with Crippen LogP contribution in [0.4, 0.5) is 5.69 Å². The highest BCUT2D eigenvalue weighted by Gasteiger charge is 2.18. The van der Waals surface area contributed by atoms with E-state index in [0.29, 0.717) is 20.6 Å². The zero-order valence-corrected chi connectivity index (χ0v) is 18.7. The minimum atomic E-state index is -0.650. The maximum atomic E-state index is 12.7. The molecule has 0 aliphatic heterocycles. The number of benzene rings is 2. The lowest BCUT2D eigenvalue weighted by atomic mass is 10.0. The molecule has 0 fully saturated rings. The van der Waals surface area contributed by atoms with E-state index in [0.717, 1.165) is 6.07 Å². The van der Waals surface area contributed by atoms with Crippen LogP contribution in [0.5, 0.6) is 11.5 Å². The van der Waals surface area contributed by atoms with Crippen molar-refractivity contribution >= 4 is 46.1 Å². The third-order valence-corrected chi connectivity index (χ3v) is 4.69. The molecule has 0 saturated carbocycles. The van der Waals surface area contributed by atoms with E-state index in [4.69, 9.17) is 14.2 Å². The highest BCUT2D eigenvalue weighted by molar-refractivity contribution is 14.1. The van der Waals surface area contributed by atoms with Crippen molar-refractivity contribution in [1.82, 2.24) is 0 Å². The Hall–Kier alpha value is -3.46. The van der Waals surface area contributed by atoms with Gasteiger partial charge < -0.3 is 14.2 Å². The van der Waals surface area contributed by atoms with Gasteiger partial charge in [0.2, 0.25) is 5.78 Å². The second-order valence-electron chi connectivity index (χ2n) is 5.93. The first-order valence-corrected chi connectivity index (χ1v) is 9.95. The van der Waals surface area contributed by atoms with Crippen molar-refractivity contribution in [3.63, 3.8) is 0 Å². The van der Waals surface area contributed by atoms with Crippen molar-refractivity contribution in [3.05, 3.63) is 66.8 Å². The fraction of sp³-hybridized carbons (Fsp3) is 0.190. The van der Waals surface area contributed by atoms with Gasteiger partial charge in [-0.05, 0) is 53.3 Å². The van der Waals surface area contributed by atoms with Crippen molar-refractivity contribution in [1.29, 1.82) is 5.26 Å². The molecular weight excluding hydrogens is 519 g/mol. The number of nitro benzene ring substituents is 1. The van der Waals surface area contributed by atoms with E-state index in [1.807, 2.05) is 28.7 Å². The molecule has 9 nitrogen and oxygen atoms in total. The molecule has 0 N–H and O–H groups in total. The lowest BCUT2D eigenvalue weighted by Crippen LogP contribution is -2.15. The number of esters is 1. The summed E-state index contributed by atoms with van der Waals surface area (Å²) < 4.78 is 16.2. The van der Waals surface area contributed by atoms with Gasteiger partial charge >= 0.3 is 5.97 Å². The first kappa shape index (κ1) is 23.8. The average molecular weight is 536 g/mol. The summed E-state index contributed by atoms with van der Waals surface area (Å²) in [6.07, 6.45) is 1.35. The van der Waals surface area contributed by atoms with E-state index in [9.17, 15) is 25.0 Å². The van der Waals surface area contributed by atoms with Crippen LogP contribution in [0.15, 0.2) is 42.0 Å². The van der Waals surface area contributed by atoms with Crippen molar-refractivity contribution < 1.29 is 28.7 Å². The number of carbonyl (C=O) groups excluding carboxylic acids is 2. The van der Waals surface area contributed by atoms with Crippen LogP contribution in [0.2, 0.25) is 0 Å². The van der Waals surface area contributed by atoms with E-state index in [2.05, 4.69) is 0 Å². The van der Waals surface area contributed by atoms with E-state index in [1.165, 1.54) is 31.4 Å². The molecule has 2 aromatic rings. The molecule has 160 valence electrons. The van der Waals surface area contributed by atoms with Gasteiger partial charge in [-0.3, -0.25) is 14.9 Å². The summed E-state index contributed by atoms with van der Waals surface area (Å²) in [5.41, 5.74) is 0.0409. The van der Waals surface area contributed by atoms with Crippen LogP contribution >= 0.6 is 22.6 Å². The smallest absolute Gasteiger partial charge is 0.344 e. The van der Waals surface area contributed by atoms with Gasteiger partial charge in [-0.1, -0.05) is 12.1 Å². The summed E-state index contributed by atoms with van der Waals surface area (Å²) in [5, 5.41) is 20.4. The van der Waals surface area contributed by atoms with Crippen molar-refractivity contribution in [2.75, 3.05) is 20.3 Å². The summed E-state index contributed by atoms with van der Waals surface area (Å²) in [6, 6.07) is 10.2. The van der Waals surface area contributed by atoms with Crippen molar-refractivity contribution in [2.24, 2.45) is 0 Å². The van der Waals surface area contributed by atoms with Gasteiger partial charge in [-0.25, -0.2) is 4.79 Å². The van der Waals surface area contributed by atoms with E-state index >= 15 is 0 Å². The molecule has 0 radical (unpaired) electrons. The first-order chi connectivity index (χ1) is 14.8. The standard InChI is InChI=1S/C21H17IN2O7/c1-3-30-19(25)12-31-21-17(22)8-13(9-18(21)29-2)7-15(11-23)20(26)14-5-4-6-16(10-14)24(27)28/h4-10H,3,12H2,1-2H3. The van der Waals surface area contributed by atoms with Gasteiger partial charge in [0.25, 0.3) is 5.69 Å². The summed E-state index contributed by atoms with van der Waals surface area (Å²) in [7, 11) is 1.41. The third kappa shape index (κ3) is 6.26. The zero-order chi connectivity index (χ0) is 23.0. The largest absolute Gasteiger partial charge is 0.493 e. The van der Waals surface area contributed by atoms with E-state index in [-0.39, 0.29) is 30.0 Å². The Bertz CT molecular complexity index is 1090. The number of methoxy groups -OCH3 is 1. The number of carbonyl (C=O) groups is 2. The third-order valence-electron chi connectivity index (χ3n) is 3.89. The van der Waals surface area contributed by atoms with Gasteiger partial charge in [-0.15, -0.1) is 0 Å². The fourth-order valence-electron chi connectivity index (χ4n) is 2.53. The molecule has 0 unspecified atom stereocenters. The number of halogens is 1. The number of rotatable bonds is 9. The van der Waals surface area contributed by atoms with Crippen LogP contribution in [-0.4, -0.2) is 37.0 Å². The molecule has 0 aromatic heterocycles. The molecule has 2 rings (SSSR count). The summed E-state index contributed by atoms with van der Waals surface area (Å²) in [6.45, 7) is 1.62. The Balaban J connectivity index is 2.36. The first-order valence-electron chi connectivity index (χ1n) is 8.87. The maximum Gasteiger partial charge on any atom is 0.344 e. The van der Waals surface area contributed by atoms with Gasteiger partial charge in [0.1, 0.15) is 11.6 Å². The number of hydrogen-bond donors (Lipinski definition) is 0. The molecule has 0 spiro atoms. The second kappa shape index (κ2) is 11.1. The summed E-state index contributed by atoms with van der Waals surface area (Å²) in [5.74, 6) is -0.569. The predicted octanol–water partition coefficient (Wildman–Crippen LogP) is 3.94. The quantitative estimate of drug-likeness (QED) is 0.0897. The van der Waals surface area contributed by atoms with Crippen LogP contribution in [0.25, 0.3) is 6.08 Å². The number of ketones is 1. The Kier molecular flexibility index (Phi) is 8.51. The number of hydrogen-bond acceptors (Lipinski definition) is 8. The number of nitriles is 1. The molecular formula is C21H17IN2O7. The summed E-state index contributed by atoms with van der Waals surface area (Å²) >= 11 is 1.97. The SMILES string of the molecule is CCOC(=O)COc1c(I)cc(C=C(C#N)C(=O)c2cccc([N+](=O)[O-])c2)cc1OC. The van der Waals surface area contributed by atoms with Crippen molar-refractivity contribution in [2.45, 2.75) is 6.92 Å². The molecule has 0 aliphatic rings. The number of ether oxygens (including phenoxy) is 3. The molecule has 10 heteroatoms. The van der Waals surface area contributed by atoms with Gasteiger partial charge in [0.05, 0.1) is 22.2 Å². The Morgan fingerprint density at radius 1 is 1.29 bits per heavy atom. The minimum Gasteiger partial charge on any atom is -0.493 e. The predicted molar refractivity (Wildman–Crippen MR) is 119 cm³/mol. The molecule has 0 amide bonds. The lowest BCUT2D eigenvalue weighted by Gasteiger charge is -2.13. The molecule has 31 heavy (non-hydrogen) atoms. The second-order valence-corrected chi connectivity index (χ2v) is 7.10. The maximum absolute atomic E-state index is 12.7. The topological polar surface area (TPSA) is 129 Å².